The molecule has 0 aliphatic carbocycles. The van der Waals surface area contributed by atoms with E-state index in [0.717, 1.165) is 0 Å². The van der Waals surface area contributed by atoms with Crippen molar-refractivity contribution in [1.82, 2.24) is 10.2 Å². The van der Waals surface area contributed by atoms with Gasteiger partial charge in [-0.3, -0.25) is 9.69 Å². The number of hydrogen-bond acceptors (Lipinski definition) is 4. The molecule has 2 atom stereocenters. The van der Waals surface area contributed by atoms with Gasteiger partial charge in [0.15, 0.2) is 0 Å². The maximum absolute atomic E-state index is 12.8. The quantitative estimate of drug-likeness (QED) is 0.751. The maximum atomic E-state index is 12.8. The summed E-state index contributed by atoms with van der Waals surface area (Å²) in [6.07, 6.45) is 5.58. The first-order valence-electron chi connectivity index (χ1n) is 8.44. The van der Waals surface area contributed by atoms with Gasteiger partial charge in [-0.25, -0.2) is 4.79 Å². The Hall–Kier alpha value is -1.74. The van der Waals surface area contributed by atoms with Gasteiger partial charge in [0.2, 0.25) is 5.91 Å². The first-order chi connectivity index (χ1) is 11.0. The smallest absolute Gasteiger partial charge is 0.411 e. The molecule has 0 aromatic rings. The zero-order valence-electron chi connectivity index (χ0n) is 15.4. The van der Waals surface area contributed by atoms with Crippen molar-refractivity contribution in [2.45, 2.75) is 71.1 Å². The molecule has 0 aromatic heterocycles. The third-order valence-corrected chi connectivity index (χ3v) is 4.16. The summed E-state index contributed by atoms with van der Waals surface area (Å²) in [5.41, 5.74) is -1.75. The molecule has 0 spiro atoms. The lowest BCUT2D eigenvalue weighted by Gasteiger charge is -2.37. The van der Waals surface area contributed by atoms with Crippen molar-refractivity contribution in [3.8, 4) is 12.3 Å². The number of hydrogen-bond donors (Lipinski definition) is 2. The second kappa shape index (κ2) is 7.89. The molecule has 1 aliphatic rings. The van der Waals surface area contributed by atoms with Gasteiger partial charge in [0, 0.05) is 19.5 Å². The zero-order chi connectivity index (χ0) is 18.5. The molecule has 1 heterocycles. The summed E-state index contributed by atoms with van der Waals surface area (Å²) < 4.78 is 5.43. The van der Waals surface area contributed by atoms with Gasteiger partial charge in [-0.15, -0.1) is 12.3 Å². The van der Waals surface area contributed by atoms with Crippen LogP contribution in [0.5, 0.6) is 0 Å². The Morgan fingerprint density at radius 3 is 2.54 bits per heavy atom. The number of nitrogens with one attached hydrogen (secondary N) is 1. The van der Waals surface area contributed by atoms with Crippen LogP contribution in [0, 0.1) is 18.3 Å². The summed E-state index contributed by atoms with van der Waals surface area (Å²) in [5.74, 6) is 2.21. The molecule has 1 saturated heterocycles. The van der Waals surface area contributed by atoms with Gasteiger partial charge in [-0.2, -0.15) is 0 Å². The summed E-state index contributed by atoms with van der Waals surface area (Å²) in [6.45, 7) is 9.64. The number of ether oxygens (including phenoxy) is 1. The lowest BCUT2D eigenvalue weighted by Crippen LogP contribution is -2.58. The Balaban J connectivity index is 2.94. The number of rotatable bonds is 5. The van der Waals surface area contributed by atoms with E-state index in [9.17, 15) is 14.7 Å². The van der Waals surface area contributed by atoms with Gasteiger partial charge in [0.1, 0.15) is 11.1 Å². The van der Waals surface area contributed by atoms with E-state index >= 15 is 0 Å². The van der Waals surface area contributed by atoms with Crippen LogP contribution in [0.25, 0.3) is 0 Å². The number of aliphatic hydroxyl groups excluding tert-OH is 1. The van der Waals surface area contributed by atoms with Crippen molar-refractivity contribution >= 4 is 12.0 Å². The largest absolute Gasteiger partial charge is 0.444 e. The van der Waals surface area contributed by atoms with Crippen LogP contribution in [-0.2, 0) is 9.53 Å². The summed E-state index contributed by atoms with van der Waals surface area (Å²) in [7, 11) is 0. The molecule has 2 N–H and O–H groups in total. The van der Waals surface area contributed by atoms with Crippen molar-refractivity contribution in [2.75, 3.05) is 13.1 Å². The summed E-state index contributed by atoms with van der Waals surface area (Å²) >= 11 is 0. The molecule has 24 heavy (non-hydrogen) atoms. The lowest BCUT2D eigenvalue weighted by atomic mass is 9.91. The molecule has 6 nitrogen and oxygen atoms in total. The predicted octanol–water partition coefficient (Wildman–Crippen LogP) is 1.91. The van der Waals surface area contributed by atoms with Crippen LogP contribution in [0.3, 0.4) is 0 Å². The Morgan fingerprint density at radius 2 is 2.04 bits per heavy atom. The standard InChI is InChI=1S/C18H30N2O4/c1-7-9-18(15(22)19-12-14(21)13(2)3)10-8-11-20(18)16(23)24-17(4,5)6/h1,13-14,21H,8-12H2,2-6H3,(H,19,22)/t14-,18-/m0/s1. The van der Waals surface area contributed by atoms with E-state index in [4.69, 9.17) is 11.2 Å². The second-order valence-corrected chi connectivity index (χ2v) is 7.67. The van der Waals surface area contributed by atoms with E-state index in [1.807, 2.05) is 13.8 Å². The Labute approximate surface area is 144 Å². The third kappa shape index (κ3) is 4.88. The van der Waals surface area contributed by atoms with Gasteiger partial charge in [-0.1, -0.05) is 13.8 Å². The number of aliphatic hydroxyl groups is 1. The molecule has 0 saturated carbocycles. The highest BCUT2D eigenvalue weighted by molar-refractivity contribution is 5.91. The van der Waals surface area contributed by atoms with E-state index in [1.54, 1.807) is 20.8 Å². The van der Waals surface area contributed by atoms with Crippen LogP contribution >= 0.6 is 0 Å². The predicted molar refractivity (Wildman–Crippen MR) is 92.2 cm³/mol. The first-order valence-corrected chi connectivity index (χ1v) is 8.44. The van der Waals surface area contributed by atoms with Crippen molar-refractivity contribution in [1.29, 1.82) is 0 Å². The van der Waals surface area contributed by atoms with Crippen molar-refractivity contribution in [3.63, 3.8) is 0 Å². The Morgan fingerprint density at radius 1 is 1.42 bits per heavy atom. The molecule has 1 fully saturated rings. The zero-order valence-corrected chi connectivity index (χ0v) is 15.4. The number of carbonyl (C=O) groups is 2. The highest BCUT2D eigenvalue weighted by atomic mass is 16.6. The van der Waals surface area contributed by atoms with Gasteiger partial charge in [0.05, 0.1) is 6.10 Å². The summed E-state index contributed by atoms with van der Waals surface area (Å²) in [5, 5.41) is 12.6. The fraction of sp³-hybridized carbons (Fsp3) is 0.778. The highest BCUT2D eigenvalue weighted by Gasteiger charge is 2.50. The van der Waals surface area contributed by atoms with Crippen LogP contribution in [0.15, 0.2) is 0 Å². The lowest BCUT2D eigenvalue weighted by molar-refractivity contribution is -0.132. The van der Waals surface area contributed by atoms with Gasteiger partial charge in [-0.05, 0) is 39.5 Å². The molecule has 1 aliphatic heterocycles. The number of amides is 2. The average Bonchev–Trinajstić information content (AvgIpc) is 2.87. The monoisotopic (exact) mass is 338 g/mol. The summed E-state index contributed by atoms with van der Waals surface area (Å²) in [6, 6.07) is 0. The number of nitrogens with zero attached hydrogens (tertiary/aromatic N) is 1. The number of terminal acetylenes is 1. The van der Waals surface area contributed by atoms with E-state index in [0.29, 0.717) is 19.4 Å². The molecule has 6 heteroatoms. The van der Waals surface area contributed by atoms with Crippen LogP contribution in [0.1, 0.15) is 53.9 Å². The molecular weight excluding hydrogens is 308 g/mol. The van der Waals surface area contributed by atoms with Crippen molar-refractivity contribution < 1.29 is 19.4 Å². The molecule has 1 rings (SSSR count). The molecular formula is C18H30N2O4. The Kier molecular flexibility index (Phi) is 6.67. The first kappa shape index (κ1) is 20.3. The Bertz CT molecular complexity index is 504. The number of likely N-dealkylation sites (tertiary alicyclic amines) is 1. The molecule has 0 bridgehead atoms. The molecule has 0 aromatic carbocycles. The van der Waals surface area contributed by atoms with Crippen LogP contribution < -0.4 is 5.32 Å². The van der Waals surface area contributed by atoms with E-state index in [-0.39, 0.29) is 24.8 Å². The van der Waals surface area contributed by atoms with Gasteiger partial charge >= 0.3 is 6.09 Å². The van der Waals surface area contributed by atoms with Crippen molar-refractivity contribution in [3.05, 3.63) is 0 Å². The van der Waals surface area contributed by atoms with Gasteiger partial charge < -0.3 is 15.2 Å². The van der Waals surface area contributed by atoms with Crippen LogP contribution in [-0.4, -0.2) is 52.3 Å². The molecule has 0 unspecified atom stereocenters. The fourth-order valence-electron chi connectivity index (χ4n) is 2.73. The average molecular weight is 338 g/mol. The normalized spacial score (nSPS) is 22.2. The van der Waals surface area contributed by atoms with Crippen LogP contribution in [0.4, 0.5) is 4.79 Å². The fourth-order valence-corrected chi connectivity index (χ4v) is 2.73. The van der Waals surface area contributed by atoms with Crippen LogP contribution in [0.2, 0.25) is 0 Å². The minimum atomic E-state index is -1.10. The highest BCUT2D eigenvalue weighted by Crippen LogP contribution is 2.34. The van der Waals surface area contributed by atoms with Crippen molar-refractivity contribution in [2.24, 2.45) is 5.92 Å². The molecule has 0 radical (unpaired) electrons. The minimum absolute atomic E-state index is 0.0272. The third-order valence-electron chi connectivity index (χ3n) is 4.16. The summed E-state index contributed by atoms with van der Waals surface area (Å²) in [4.78, 5) is 26.7. The topological polar surface area (TPSA) is 78.9 Å². The van der Waals surface area contributed by atoms with Gasteiger partial charge in [0.25, 0.3) is 0 Å². The molecule has 2 amide bonds. The number of carbonyl (C=O) groups excluding carboxylic acids is 2. The second-order valence-electron chi connectivity index (χ2n) is 7.67. The molecule has 136 valence electrons. The SMILES string of the molecule is C#CC[C@@]1(C(=O)NC[C@H](O)C(C)C)CCCN1C(=O)OC(C)(C)C. The minimum Gasteiger partial charge on any atom is -0.444 e. The van der Waals surface area contributed by atoms with E-state index < -0.39 is 23.3 Å². The van der Waals surface area contributed by atoms with E-state index in [2.05, 4.69) is 11.2 Å². The maximum Gasteiger partial charge on any atom is 0.411 e. The van der Waals surface area contributed by atoms with E-state index in [1.165, 1.54) is 4.90 Å².